The predicted octanol–water partition coefficient (Wildman–Crippen LogP) is 3.84. The fourth-order valence-corrected chi connectivity index (χ4v) is 3.71. The number of aliphatic hydroxyl groups excluding tert-OH is 1. The molecule has 0 spiro atoms. The predicted molar refractivity (Wildman–Crippen MR) is 117 cm³/mol. The van der Waals surface area contributed by atoms with Crippen molar-refractivity contribution in [1.82, 2.24) is 9.97 Å². The molecule has 2 aromatic heterocycles. The molecule has 0 radical (unpaired) electrons. The summed E-state index contributed by atoms with van der Waals surface area (Å²) in [6.07, 6.45) is 3.39. The van der Waals surface area contributed by atoms with E-state index in [-0.39, 0.29) is 31.4 Å². The molecule has 0 bridgehead atoms. The molecule has 2 heterocycles. The van der Waals surface area contributed by atoms with Crippen molar-refractivity contribution in [1.29, 1.82) is 0 Å². The molecule has 1 aliphatic rings. The fraction of sp³-hybridized carbons (Fsp3) is 0.348. The van der Waals surface area contributed by atoms with Crippen molar-refractivity contribution in [3.63, 3.8) is 0 Å². The quantitative estimate of drug-likeness (QED) is 0.408. The van der Waals surface area contributed by atoms with Gasteiger partial charge in [-0.2, -0.15) is 0 Å². The Morgan fingerprint density at radius 3 is 2.81 bits per heavy atom. The number of aryl methyl sites for hydroxylation is 1. The van der Waals surface area contributed by atoms with Crippen LogP contribution in [0.15, 0.2) is 36.5 Å². The number of nitrogens with zero attached hydrogens (tertiary/aromatic N) is 3. The summed E-state index contributed by atoms with van der Waals surface area (Å²) in [5.74, 6) is -0.735. The highest BCUT2D eigenvalue weighted by atomic mass is 19.1. The van der Waals surface area contributed by atoms with Crippen molar-refractivity contribution in [2.24, 2.45) is 5.92 Å². The minimum Gasteiger partial charge on any atom is -0.396 e. The maximum absolute atomic E-state index is 13.9. The number of aromatic nitrogens is 2. The molecule has 8 nitrogen and oxygen atoms in total. The van der Waals surface area contributed by atoms with E-state index in [2.05, 4.69) is 10.3 Å². The number of fused-ring (bicyclic) bond motifs is 1. The first-order chi connectivity index (χ1) is 15.4. The summed E-state index contributed by atoms with van der Waals surface area (Å²) in [5, 5.41) is 25.0. The zero-order valence-corrected chi connectivity index (χ0v) is 17.5. The molecule has 1 saturated carbocycles. The van der Waals surface area contributed by atoms with Crippen LogP contribution in [0, 0.1) is 28.8 Å². The van der Waals surface area contributed by atoms with E-state index in [4.69, 9.17) is 4.98 Å². The SMILES string of the molecule is Cc1ccc(F)cc1-c1cc2cnc(NC(=O)C3CC3)cc2c(C(CO)CC[N+](=O)[O-])n1. The van der Waals surface area contributed by atoms with E-state index < -0.39 is 16.7 Å². The molecular weight excluding hydrogens is 415 g/mol. The van der Waals surface area contributed by atoms with E-state index in [0.717, 1.165) is 18.4 Å². The van der Waals surface area contributed by atoms with Crippen molar-refractivity contribution in [3.8, 4) is 11.3 Å². The van der Waals surface area contributed by atoms with Gasteiger partial charge in [0, 0.05) is 45.7 Å². The van der Waals surface area contributed by atoms with Gasteiger partial charge in [0.05, 0.1) is 18.0 Å². The van der Waals surface area contributed by atoms with Gasteiger partial charge in [-0.3, -0.25) is 19.9 Å². The van der Waals surface area contributed by atoms with Crippen LogP contribution in [0.1, 0.15) is 36.4 Å². The van der Waals surface area contributed by atoms with Gasteiger partial charge >= 0.3 is 0 Å². The van der Waals surface area contributed by atoms with Gasteiger partial charge in [0.2, 0.25) is 12.5 Å². The molecule has 1 amide bonds. The van der Waals surface area contributed by atoms with Crippen molar-refractivity contribution in [2.75, 3.05) is 18.5 Å². The summed E-state index contributed by atoms with van der Waals surface area (Å²) >= 11 is 0. The molecule has 0 saturated heterocycles. The zero-order valence-electron chi connectivity index (χ0n) is 17.5. The zero-order chi connectivity index (χ0) is 22.8. The normalized spacial score (nSPS) is 14.3. The number of nitro groups is 1. The van der Waals surface area contributed by atoms with E-state index in [1.165, 1.54) is 12.1 Å². The lowest BCUT2D eigenvalue weighted by Crippen LogP contribution is -2.15. The summed E-state index contributed by atoms with van der Waals surface area (Å²) in [7, 11) is 0. The van der Waals surface area contributed by atoms with Crippen LogP contribution < -0.4 is 5.32 Å². The number of aliphatic hydroxyl groups is 1. The standard InChI is InChI=1S/C23H23FN4O4/c1-13-2-5-17(24)9-18(13)20-8-16-11-25-21(27-23(30)14-3-4-14)10-19(16)22(26-20)15(12-29)6-7-28(31)32/h2,5,8-11,14-15,29H,3-4,6-7,12H2,1H3,(H,25,27,30). The molecule has 1 fully saturated rings. The van der Waals surface area contributed by atoms with E-state index in [9.17, 15) is 24.4 Å². The number of hydrogen-bond acceptors (Lipinski definition) is 6. The molecule has 1 atom stereocenters. The Hall–Kier alpha value is -3.46. The van der Waals surface area contributed by atoms with Crippen LogP contribution >= 0.6 is 0 Å². The molecular formula is C23H23FN4O4. The van der Waals surface area contributed by atoms with Crippen LogP contribution in [0.2, 0.25) is 0 Å². The van der Waals surface area contributed by atoms with Crippen LogP contribution in [0.4, 0.5) is 10.2 Å². The van der Waals surface area contributed by atoms with Gasteiger partial charge in [0.25, 0.3) is 0 Å². The third-order valence-corrected chi connectivity index (χ3v) is 5.69. The molecule has 1 aromatic carbocycles. The van der Waals surface area contributed by atoms with E-state index >= 15 is 0 Å². The average molecular weight is 438 g/mol. The van der Waals surface area contributed by atoms with Gasteiger partial charge in [0.1, 0.15) is 11.6 Å². The second-order valence-corrected chi connectivity index (χ2v) is 8.13. The summed E-state index contributed by atoms with van der Waals surface area (Å²) in [6, 6.07) is 7.85. The van der Waals surface area contributed by atoms with Gasteiger partial charge < -0.3 is 10.4 Å². The van der Waals surface area contributed by atoms with Gasteiger partial charge in [-0.15, -0.1) is 0 Å². The highest BCUT2D eigenvalue weighted by molar-refractivity contribution is 5.96. The average Bonchev–Trinajstić information content (AvgIpc) is 3.61. The molecule has 0 aliphatic heterocycles. The third-order valence-electron chi connectivity index (χ3n) is 5.69. The largest absolute Gasteiger partial charge is 0.396 e. The number of benzene rings is 1. The van der Waals surface area contributed by atoms with Crippen LogP contribution in [-0.2, 0) is 4.79 Å². The molecule has 32 heavy (non-hydrogen) atoms. The molecule has 2 N–H and O–H groups in total. The highest BCUT2D eigenvalue weighted by Crippen LogP contribution is 2.34. The number of amides is 1. The Balaban J connectivity index is 1.83. The molecule has 166 valence electrons. The van der Waals surface area contributed by atoms with Crippen molar-refractivity contribution in [3.05, 3.63) is 63.7 Å². The molecule has 4 rings (SSSR count). The van der Waals surface area contributed by atoms with Crippen LogP contribution in [0.25, 0.3) is 22.0 Å². The van der Waals surface area contributed by atoms with Crippen molar-refractivity contribution < 1.29 is 19.2 Å². The topological polar surface area (TPSA) is 118 Å². The number of hydrogen-bond donors (Lipinski definition) is 2. The molecule has 1 unspecified atom stereocenters. The number of carbonyl (C=O) groups is 1. The summed E-state index contributed by atoms with van der Waals surface area (Å²) in [6.45, 7) is 1.17. The Morgan fingerprint density at radius 2 is 2.12 bits per heavy atom. The van der Waals surface area contributed by atoms with Gasteiger partial charge in [-0.25, -0.2) is 9.37 Å². The first kappa shape index (κ1) is 21.8. The summed E-state index contributed by atoms with van der Waals surface area (Å²) < 4.78 is 13.9. The fourth-order valence-electron chi connectivity index (χ4n) is 3.71. The van der Waals surface area contributed by atoms with E-state index in [1.54, 1.807) is 24.4 Å². The van der Waals surface area contributed by atoms with E-state index in [0.29, 0.717) is 33.5 Å². The minimum absolute atomic E-state index is 0.00806. The van der Waals surface area contributed by atoms with Gasteiger partial charge in [0.15, 0.2) is 0 Å². The first-order valence-electron chi connectivity index (χ1n) is 10.5. The Labute approximate surface area is 183 Å². The van der Waals surface area contributed by atoms with E-state index in [1.807, 2.05) is 6.92 Å². The number of halogens is 1. The van der Waals surface area contributed by atoms with Gasteiger partial charge in [-0.05, 0) is 49.6 Å². The van der Waals surface area contributed by atoms with Crippen LogP contribution in [-0.4, -0.2) is 39.1 Å². The highest BCUT2D eigenvalue weighted by Gasteiger charge is 2.30. The summed E-state index contributed by atoms with van der Waals surface area (Å²) in [4.78, 5) is 31.7. The second kappa shape index (κ2) is 8.96. The van der Waals surface area contributed by atoms with Crippen molar-refractivity contribution in [2.45, 2.75) is 32.1 Å². The van der Waals surface area contributed by atoms with Crippen LogP contribution in [0.3, 0.4) is 0 Å². The lowest BCUT2D eigenvalue weighted by atomic mass is 9.95. The summed E-state index contributed by atoms with van der Waals surface area (Å²) in [5.41, 5.74) is 2.34. The smallest absolute Gasteiger partial charge is 0.228 e. The second-order valence-electron chi connectivity index (χ2n) is 8.13. The third kappa shape index (κ3) is 4.72. The number of rotatable bonds is 8. The maximum Gasteiger partial charge on any atom is 0.228 e. The Kier molecular flexibility index (Phi) is 6.09. The number of anilines is 1. The number of nitrogens with one attached hydrogen (secondary N) is 1. The first-order valence-corrected chi connectivity index (χ1v) is 10.5. The Morgan fingerprint density at radius 1 is 1.34 bits per heavy atom. The monoisotopic (exact) mass is 438 g/mol. The van der Waals surface area contributed by atoms with Gasteiger partial charge in [-0.1, -0.05) is 6.07 Å². The minimum atomic E-state index is -0.605. The number of carbonyl (C=O) groups excluding carboxylic acids is 1. The lowest BCUT2D eigenvalue weighted by molar-refractivity contribution is -0.481. The van der Waals surface area contributed by atoms with Crippen LogP contribution in [0.5, 0.6) is 0 Å². The Bertz CT molecular complexity index is 1200. The maximum atomic E-state index is 13.9. The molecule has 9 heteroatoms. The molecule has 1 aliphatic carbocycles. The molecule has 3 aromatic rings. The number of pyridine rings is 2. The van der Waals surface area contributed by atoms with Crippen molar-refractivity contribution >= 4 is 22.5 Å². The lowest BCUT2D eigenvalue weighted by Gasteiger charge is -2.17.